The highest BCUT2D eigenvalue weighted by atomic mass is 35.5. The highest BCUT2D eigenvalue weighted by molar-refractivity contribution is 7.09. The first-order valence-corrected chi connectivity index (χ1v) is 8.32. The summed E-state index contributed by atoms with van der Waals surface area (Å²) >= 11 is 7.80. The first kappa shape index (κ1) is 13.9. The molecule has 1 fully saturated rings. The predicted octanol–water partition coefficient (Wildman–Crippen LogP) is 3.77. The third-order valence-corrected chi connectivity index (χ3v) is 5.01. The number of benzene rings is 1. The zero-order chi connectivity index (χ0) is 13.8. The van der Waals surface area contributed by atoms with E-state index in [0.29, 0.717) is 0 Å². The number of rotatable bonds is 4. The van der Waals surface area contributed by atoms with Crippen LogP contribution < -0.4 is 4.90 Å². The smallest absolute Gasteiger partial charge is 0.0407 e. The molecule has 3 rings (SSSR count). The summed E-state index contributed by atoms with van der Waals surface area (Å²) in [5.74, 6) is 0. The van der Waals surface area contributed by atoms with E-state index in [0.717, 1.165) is 31.2 Å². The van der Waals surface area contributed by atoms with Gasteiger partial charge in [0.05, 0.1) is 0 Å². The number of piperazine rings is 1. The Bertz CT molecular complexity index is 516. The number of thiophene rings is 1. The van der Waals surface area contributed by atoms with Crippen molar-refractivity contribution >= 4 is 28.6 Å². The topological polar surface area (TPSA) is 6.48 Å². The number of hydrogen-bond acceptors (Lipinski definition) is 3. The molecule has 1 saturated heterocycles. The van der Waals surface area contributed by atoms with Crippen LogP contribution in [0.4, 0.5) is 5.69 Å². The lowest BCUT2D eigenvalue weighted by molar-refractivity contribution is 0.261. The minimum atomic E-state index is 0.809. The average molecular weight is 307 g/mol. The monoisotopic (exact) mass is 306 g/mol. The molecule has 1 aliphatic heterocycles. The van der Waals surface area contributed by atoms with Crippen LogP contribution in [-0.2, 0) is 6.42 Å². The van der Waals surface area contributed by atoms with E-state index >= 15 is 0 Å². The summed E-state index contributed by atoms with van der Waals surface area (Å²) in [5, 5.41) is 2.97. The fourth-order valence-corrected chi connectivity index (χ4v) is 3.43. The Morgan fingerprint density at radius 1 is 1.00 bits per heavy atom. The van der Waals surface area contributed by atoms with Gasteiger partial charge in [0.15, 0.2) is 0 Å². The van der Waals surface area contributed by atoms with E-state index in [9.17, 15) is 0 Å². The highest BCUT2D eigenvalue weighted by Crippen LogP contribution is 2.19. The van der Waals surface area contributed by atoms with Crippen molar-refractivity contribution in [2.45, 2.75) is 6.42 Å². The van der Waals surface area contributed by atoms with Crippen LogP contribution in [0.15, 0.2) is 41.8 Å². The van der Waals surface area contributed by atoms with Crippen LogP contribution in [0.25, 0.3) is 0 Å². The maximum Gasteiger partial charge on any atom is 0.0407 e. The van der Waals surface area contributed by atoms with E-state index in [1.165, 1.54) is 23.5 Å². The molecule has 2 nitrogen and oxygen atoms in total. The van der Waals surface area contributed by atoms with Crippen LogP contribution in [0.1, 0.15) is 4.88 Å². The summed E-state index contributed by atoms with van der Waals surface area (Å²) in [4.78, 5) is 6.49. The summed E-state index contributed by atoms with van der Waals surface area (Å²) in [6.07, 6.45) is 1.18. The van der Waals surface area contributed by atoms with Gasteiger partial charge in [-0.2, -0.15) is 0 Å². The molecule has 1 aromatic carbocycles. The first-order valence-electron chi connectivity index (χ1n) is 7.06. The average Bonchev–Trinajstić information content (AvgIpc) is 3.00. The second kappa shape index (κ2) is 6.61. The van der Waals surface area contributed by atoms with Gasteiger partial charge in [0.25, 0.3) is 0 Å². The molecule has 106 valence electrons. The summed E-state index contributed by atoms with van der Waals surface area (Å²) in [6.45, 7) is 5.68. The van der Waals surface area contributed by atoms with Crippen molar-refractivity contribution in [3.63, 3.8) is 0 Å². The maximum absolute atomic E-state index is 5.94. The summed E-state index contributed by atoms with van der Waals surface area (Å²) in [5.41, 5.74) is 1.28. The lowest BCUT2D eigenvalue weighted by Crippen LogP contribution is -2.46. The molecule has 2 aromatic rings. The summed E-state index contributed by atoms with van der Waals surface area (Å²) < 4.78 is 0. The third kappa shape index (κ3) is 3.54. The molecule has 0 unspecified atom stereocenters. The molecule has 2 heterocycles. The van der Waals surface area contributed by atoms with E-state index in [2.05, 4.69) is 39.4 Å². The lowest BCUT2D eigenvalue weighted by atomic mass is 10.2. The Kier molecular flexibility index (Phi) is 4.61. The molecule has 0 atom stereocenters. The van der Waals surface area contributed by atoms with Gasteiger partial charge in [-0.15, -0.1) is 11.3 Å². The Labute approximate surface area is 129 Å². The Balaban J connectivity index is 1.48. The van der Waals surface area contributed by atoms with Crippen molar-refractivity contribution in [2.75, 3.05) is 37.6 Å². The normalized spacial score (nSPS) is 16.6. The minimum Gasteiger partial charge on any atom is -0.369 e. The Morgan fingerprint density at radius 3 is 2.40 bits per heavy atom. The SMILES string of the molecule is Clc1ccc(N2CCN(CCc3cccs3)CC2)cc1. The summed E-state index contributed by atoms with van der Waals surface area (Å²) in [6, 6.07) is 12.5. The molecule has 0 spiro atoms. The van der Waals surface area contributed by atoms with E-state index in [1.807, 2.05) is 23.5 Å². The van der Waals surface area contributed by atoms with Crippen molar-refractivity contribution in [2.24, 2.45) is 0 Å². The van der Waals surface area contributed by atoms with Crippen LogP contribution in [-0.4, -0.2) is 37.6 Å². The Hall–Kier alpha value is -1.03. The Morgan fingerprint density at radius 2 is 1.75 bits per heavy atom. The standard InChI is InChI=1S/C16H19ClN2S/c17-14-3-5-15(6-4-14)19-11-9-18(10-12-19)8-7-16-2-1-13-20-16/h1-6,13H,7-12H2. The van der Waals surface area contributed by atoms with E-state index in [4.69, 9.17) is 11.6 Å². The maximum atomic E-state index is 5.94. The van der Waals surface area contributed by atoms with Gasteiger partial charge in [-0.05, 0) is 42.1 Å². The van der Waals surface area contributed by atoms with Crippen molar-refractivity contribution in [1.82, 2.24) is 4.90 Å². The van der Waals surface area contributed by atoms with Gasteiger partial charge in [0, 0.05) is 48.3 Å². The minimum absolute atomic E-state index is 0.809. The van der Waals surface area contributed by atoms with Crippen LogP contribution >= 0.6 is 22.9 Å². The number of nitrogens with zero attached hydrogens (tertiary/aromatic N) is 2. The molecule has 0 bridgehead atoms. The van der Waals surface area contributed by atoms with E-state index < -0.39 is 0 Å². The zero-order valence-electron chi connectivity index (χ0n) is 11.5. The van der Waals surface area contributed by atoms with Gasteiger partial charge >= 0.3 is 0 Å². The van der Waals surface area contributed by atoms with Crippen LogP contribution in [0.2, 0.25) is 5.02 Å². The molecule has 0 N–H and O–H groups in total. The first-order chi connectivity index (χ1) is 9.81. The molecule has 1 aromatic heterocycles. The number of anilines is 1. The molecule has 4 heteroatoms. The lowest BCUT2D eigenvalue weighted by Gasteiger charge is -2.36. The van der Waals surface area contributed by atoms with Crippen LogP contribution in [0.3, 0.4) is 0 Å². The number of hydrogen-bond donors (Lipinski definition) is 0. The van der Waals surface area contributed by atoms with E-state index in [1.54, 1.807) is 0 Å². The largest absolute Gasteiger partial charge is 0.369 e. The van der Waals surface area contributed by atoms with Gasteiger partial charge < -0.3 is 4.90 Å². The molecule has 20 heavy (non-hydrogen) atoms. The summed E-state index contributed by atoms with van der Waals surface area (Å²) in [7, 11) is 0. The van der Waals surface area contributed by atoms with Crippen LogP contribution in [0.5, 0.6) is 0 Å². The van der Waals surface area contributed by atoms with Crippen molar-refractivity contribution in [1.29, 1.82) is 0 Å². The van der Waals surface area contributed by atoms with Gasteiger partial charge in [-0.25, -0.2) is 0 Å². The molecular formula is C16H19ClN2S. The van der Waals surface area contributed by atoms with Crippen LogP contribution in [0, 0.1) is 0 Å². The van der Waals surface area contributed by atoms with Gasteiger partial charge in [0.2, 0.25) is 0 Å². The van der Waals surface area contributed by atoms with Gasteiger partial charge in [0.1, 0.15) is 0 Å². The number of halogens is 1. The fraction of sp³-hybridized carbons (Fsp3) is 0.375. The van der Waals surface area contributed by atoms with E-state index in [-0.39, 0.29) is 0 Å². The van der Waals surface area contributed by atoms with Crippen molar-refractivity contribution in [3.8, 4) is 0 Å². The predicted molar refractivity (Wildman–Crippen MR) is 88.1 cm³/mol. The molecule has 0 aliphatic carbocycles. The second-order valence-corrected chi connectivity index (χ2v) is 6.60. The zero-order valence-corrected chi connectivity index (χ0v) is 13.0. The molecule has 0 radical (unpaired) electrons. The quantitative estimate of drug-likeness (QED) is 0.848. The van der Waals surface area contributed by atoms with Gasteiger partial charge in [-0.1, -0.05) is 17.7 Å². The molecular weight excluding hydrogens is 288 g/mol. The molecule has 0 saturated carbocycles. The fourth-order valence-electron chi connectivity index (χ4n) is 2.60. The third-order valence-electron chi connectivity index (χ3n) is 3.82. The molecule has 0 amide bonds. The van der Waals surface area contributed by atoms with Crippen molar-refractivity contribution < 1.29 is 0 Å². The van der Waals surface area contributed by atoms with Crippen molar-refractivity contribution in [3.05, 3.63) is 51.7 Å². The second-order valence-electron chi connectivity index (χ2n) is 5.13. The highest BCUT2D eigenvalue weighted by Gasteiger charge is 2.16. The molecule has 1 aliphatic rings. The van der Waals surface area contributed by atoms with Gasteiger partial charge in [-0.3, -0.25) is 4.90 Å².